The summed E-state index contributed by atoms with van der Waals surface area (Å²) in [5, 5.41) is 2.86. The Hall–Kier alpha value is -2.69. The van der Waals surface area contributed by atoms with Crippen LogP contribution in [0, 0.1) is 13.8 Å². The highest BCUT2D eigenvalue weighted by molar-refractivity contribution is 5.75. The Labute approximate surface area is 155 Å². The van der Waals surface area contributed by atoms with Gasteiger partial charge in [-0.05, 0) is 61.7 Å². The zero-order valence-corrected chi connectivity index (χ0v) is 15.7. The van der Waals surface area contributed by atoms with Gasteiger partial charge in [-0.1, -0.05) is 12.1 Å². The van der Waals surface area contributed by atoms with Crippen molar-refractivity contribution in [1.29, 1.82) is 0 Å². The molecule has 0 atom stereocenters. The van der Waals surface area contributed by atoms with Crippen LogP contribution in [0.3, 0.4) is 0 Å². The van der Waals surface area contributed by atoms with Gasteiger partial charge in [0, 0.05) is 6.42 Å². The van der Waals surface area contributed by atoms with E-state index >= 15 is 0 Å². The monoisotopic (exact) mass is 357 g/mol. The van der Waals surface area contributed by atoms with Gasteiger partial charge in [0.15, 0.2) is 0 Å². The van der Waals surface area contributed by atoms with E-state index in [-0.39, 0.29) is 5.91 Å². The number of ether oxygens (including phenoxy) is 3. The van der Waals surface area contributed by atoms with E-state index < -0.39 is 0 Å². The van der Waals surface area contributed by atoms with Crippen molar-refractivity contribution >= 4 is 5.91 Å². The Morgan fingerprint density at radius 3 is 2.42 bits per heavy atom. The molecule has 0 saturated heterocycles. The lowest BCUT2D eigenvalue weighted by molar-refractivity contribution is -0.121. The van der Waals surface area contributed by atoms with Crippen molar-refractivity contribution in [1.82, 2.24) is 5.32 Å². The molecule has 0 heterocycles. The smallest absolute Gasteiger partial charge is 0.220 e. The fourth-order valence-electron chi connectivity index (χ4n) is 2.40. The molecule has 5 nitrogen and oxygen atoms in total. The van der Waals surface area contributed by atoms with Crippen LogP contribution in [-0.4, -0.2) is 32.8 Å². The second kappa shape index (κ2) is 10.3. The molecule has 1 N–H and O–H groups in total. The molecule has 0 aliphatic carbocycles. The van der Waals surface area contributed by atoms with Crippen molar-refractivity contribution < 1.29 is 19.0 Å². The van der Waals surface area contributed by atoms with Gasteiger partial charge in [0.1, 0.15) is 23.9 Å². The molecule has 0 aliphatic heterocycles. The molecular weight excluding hydrogens is 330 g/mol. The molecule has 0 radical (unpaired) electrons. The van der Waals surface area contributed by atoms with E-state index in [1.807, 2.05) is 50.2 Å². The molecule has 0 aromatic heterocycles. The Kier molecular flexibility index (Phi) is 7.80. The minimum atomic E-state index is 0.00731. The Bertz CT molecular complexity index is 698. The zero-order valence-electron chi connectivity index (χ0n) is 15.7. The normalized spacial score (nSPS) is 10.3. The van der Waals surface area contributed by atoms with Gasteiger partial charge in [0.05, 0.1) is 20.3 Å². The molecule has 5 heteroatoms. The number of hydrogen-bond donors (Lipinski definition) is 1. The first kappa shape index (κ1) is 19.6. The molecule has 0 saturated carbocycles. The molecule has 0 spiro atoms. The molecule has 26 heavy (non-hydrogen) atoms. The number of carbonyl (C=O) groups excluding carboxylic acids is 1. The predicted molar refractivity (Wildman–Crippen MR) is 102 cm³/mol. The maximum absolute atomic E-state index is 11.8. The van der Waals surface area contributed by atoms with Gasteiger partial charge < -0.3 is 19.5 Å². The maximum Gasteiger partial charge on any atom is 0.220 e. The van der Waals surface area contributed by atoms with Crippen LogP contribution in [0.4, 0.5) is 0 Å². The molecule has 0 fully saturated rings. The summed E-state index contributed by atoms with van der Waals surface area (Å²) in [7, 11) is 1.63. The first-order chi connectivity index (χ1) is 12.6. The fourth-order valence-corrected chi connectivity index (χ4v) is 2.40. The highest BCUT2D eigenvalue weighted by Crippen LogP contribution is 2.19. The van der Waals surface area contributed by atoms with Crippen LogP contribution in [-0.2, 0) is 4.79 Å². The summed E-state index contributed by atoms with van der Waals surface area (Å²) in [6, 6.07) is 13.5. The third-order valence-corrected chi connectivity index (χ3v) is 3.90. The van der Waals surface area contributed by atoms with Gasteiger partial charge in [-0.25, -0.2) is 0 Å². The van der Waals surface area contributed by atoms with Crippen molar-refractivity contribution in [2.45, 2.75) is 26.7 Å². The lowest BCUT2D eigenvalue weighted by Crippen LogP contribution is -2.28. The van der Waals surface area contributed by atoms with Crippen LogP contribution in [0.2, 0.25) is 0 Å². The number of aryl methyl sites for hydroxylation is 2. The maximum atomic E-state index is 11.8. The number of amides is 1. The average molecular weight is 357 g/mol. The van der Waals surface area contributed by atoms with Gasteiger partial charge in [0.2, 0.25) is 5.91 Å². The lowest BCUT2D eigenvalue weighted by atomic mass is 10.1. The minimum Gasteiger partial charge on any atom is -0.497 e. The summed E-state index contributed by atoms with van der Waals surface area (Å²) >= 11 is 0. The zero-order chi connectivity index (χ0) is 18.8. The number of methoxy groups -OCH3 is 1. The average Bonchev–Trinajstić information content (AvgIpc) is 2.65. The van der Waals surface area contributed by atoms with Crippen molar-refractivity contribution in [3.05, 3.63) is 53.6 Å². The van der Waals surface area contributed by atoms with E-state index in [1.165, 1.54) is 0 Å². The molecule has 140 valence electrons. The standard InChI is InChI=1S/C21H27NO4/c1-16-6-7-17(2)20(15-16)26-14-12-22-21(23)5-4-13-25-19-10-8-18(24-3)9-11-19/h6-11,15H,4-5,12-14H2,1-3H3,(H,22,23). The van der Waals surface area contributed by atoms with E-state index in [2.05, 4.69) is 11.4 Å². The predicted octanol–water partition coefficient (Wildman–Crippen LogP) is 3.67. The molecule has 2 rings (SSSR count). The van der Waals surface area contributed by atoms with Crippen molar-refractivity contribution in [2.75, 3.05) is 26.9 Å². The summed E-state index contributed by atoms with van der Waals surface area (Å²) in [5.74, 6) is 2.44. The highest BCUT2D eigenvalue weighted by atomic mass is 16.5. The number of hydrogen-bond acceptors (Lipinski definition) is 4. The molecule has 2 aromatic rings. The molecule has 2 aromatic carbocycles. The Morgan fingerprint density at radius 2 is 1.69 bits per heavy atom. The minimum absolute atomic E-state index is 0.00731. The van der Waals surface area contributed by atoms with Crippen molar-refractivity contribution in [3.8, 4) is 17.2 Å². The van der Waals surface area contributed by atoms with E-state index in [1.54, 1.807) is 7.11 Å². The van der Waals surface area contributed by atoms with E-state index in [0.29, 0.717) is 32.6 Å². The second-order valence-corrected chi connectivity index (χ2v) is 6.09. The van der Waals surface area contributed by atoms with Crippen LogP contribution in [0.15, 0.2) is 42.5 Å². The molecule has 0 unspecified atom stereocenters. The van der Waals surface area contributed by atoms with Gasteiger partial charge in [-0.2, -0.15) is 0 Å². The highest BCUT2D eigenvalue weighted by Gasteiger charge is 2.03. The second-order valence-electron chi connectivity index (χ2n) is 6.09. The summed E-state index contributed by atoms with van der Waals surface area (Å²) < 4.78 is 16.4. The van der Waals surface area contributed by atoms with Crippen LogP contribution in [0.5, 0.6) is 17.2 Å². The first-order valence-electron chi connectivity index (χ1n) is 8.82. The Balaban J connectivity index is 1.56. The van der Waals surface area contributed by atoms with E-state index in [4.69, 9.17) is 14.2 Å². The van der Waals surface area contributed by atoms with Gasteiger partial charge >= 0.3 is 0 Å². The number of carbonyl (C=O) groups is 1. The summed E-state index contributed by atoms with van der Waals surface area (Å²) in [6.45, 7) is 5.49. The first-order valence-corrected chi connectivity index (χ1v) is 8.82. The number of nitrogens with one attached hydrogen (secondary N) is 1. The van der Waals surface area contributed by atoms with Crippen molar-refractivity contribution in [3.63, 3.8) is 0 Å². The molecule has 0 bridgehead atoms. The summed E-state index contributed by atoms with van der Waals surface area (Å²) in [6.07, 6.45) is 1.09. The van der Waals surface area contributed by atoms with Crippen LogP contribution in [0.1, 0.15) is 24.0 Å². The van der Waals surface area contributed by atoms with Crippen molar-refractivity contribution in [2.24, 2.45) is 0 Å². The van der Waals surface area contributed by atoms with Crippen LogP contribution in [0.25, 0.3) is 0 Å². The van der Waals surface area contributed by atoms with Crippen LogP contribution >= 0.6 is 0 Å². The largest absolute Gasteiger partial charge is 0.497 e. The van der Waals surface area contributed by atoms with E-state index in [9.17, 15) is 4.79 Å². The van der Waals surface area contributed by atoms with Gasteiger partial charge in [-0.3, -0.25) is 4.79 Å². The molecular formula is C21H27NO4. The van der Waals surface area contributed by atoms with Gasteiger partial charge in [0.25, 0.3) is 0 Å². The third kappa shape index (κ3) is 6.67. The molecule has 1 amide bonds. The Morgan fingerprint density at radius 1 is 0.962 bits per heavy atom. The number of benzene rings is 2. The summed E-state index contributed by atoms with van der Waals surface area (Å²) in [4.78, 5) is 11.8. The lowest BCUT2D eigenvalue weighted by Gasteiger charge is -2.11. The third-order valence-electron chi connectivity index (χ3n) is 3.90. The number of rotatable bonds is 10. The topological polar surface area (TPSA) is 56.8 Å². The quantitative estimate of drug-likeness (QED) is 0.659. The fraction of sp³-hybridized carbons (Fsp3) is 0.381. The molecule has 0 aliphatic rings. The summed E-state index contributed by atoms with van der Waals surface area (Å²) in [5.41, 5.74) is 2.25. The van der Waals surface area contributed by atoms with Gasteiger partial charge in [-0.15, -0.1) is 0 Å². The van der Waals surface area contributed by atoms with E-state index in [0.717, 1.165) is 28.4 Å². The SMILES string of the molecule is COc1ccc(OCCCC(=O)NCCOc2cc(C)ccc2C)cc1. The van der Waals surface area contributed by atoms with Crippen LogP contribution < -0.4 is 19.5 Å².